The maximum atomic E-state index is 14.5. The number of aliphatic carboxylic acids is 1. The fourth-order valence-electron chi connectivity index (χ4n) is 3.89. The molecule has 0 spiro atoms. The number of benzene rings is 2. The summed E-state index contributed by atoms with van der Waals surface area (Å²) in [6.07, 6.45) is 2.76. The van der Waals surface area contributed by atoms with Gasteiger partial charge in [-0.15, -0.1) is 0 Å². The molecule has 1 amide bonds. The molecular formula is C24H27F2NO5. The van der Waals surface area contributed by atoms with E-state index in [2.05, 4.69) is 5.32 Å². The molecule has 0 radical (unpaired) electrons. The lowest BCUT2D eigenvalue weighted by molar-refractivity contribution is -0.142. The Balaban J connectivity index is 1.52. The number of anilines is 1. The van der Waals surface area contributed by atoms with Crippen LogP contribution in [0.5, 0.6) is 0 Å². The van der Waals surface area contributed by atoms with Gasteiger partial charge in [-0.05, 0) is 73.8 Å². The molecule has 32 heavy (non-hydrogen) atoms. The summed E-state index contributed by atoms with van der Waals surface area (Å²) in [6.45, 7) is 1.98. The third-order valence-electron chi connectivity index (χ3n) is 5.71. The van der Waals surface area contributed by atoms with Gasteiger partial charge in [0.1, 0.15) is 18.2 Å². The van der Waals surface area contributed by atoms with Gasteiger partial charge in [-0.1, -0.05) is 18.2 Å². The number of nitrogens with one attached hydrogen (secondary N) is 1. The van der Waals surface area contributed by atoms with Crippen LogP contribution in [-0.4, -0.2) is 37.0 Å². The SMILES string of the molecule is Cc1ccc(-c2c(F)cccc2NC(=O)OCC2CCC(COCC(=O)O)CC2)cc1F. The van der Waals surface area contributed by atoms with Gasteiger partial charge in [0.2, 0.25) is 0 Å². The van der Waals surface area contributed by atoms with Gasteiger partial charge in [0.15, 0.2) is 0 Å². The largest absolute Gasteiger partial charge is 0.480 e. The predicted octanol–water partition coefficient (Wildman–Crippen LogP) is 5.40. The van der Waals surface area contributed by atoms with Gasteiger partial charge in [0.05, 0.1) is 18.9 Å². The number of carbonyl (C=O) groups excluding carboxylic acids is 1. The zero-order valence-corrected chi connectivity index (χ0v) is 17.9. The van der Waals surface area contributed by atoms with Crippen LogP contribution in [0, 0.1) is 30.4 Å². The second-order valence-electron chi connectivity index (χ2n) is 8.15. The normalized spacial score (nSPS) is 18.2. The lowest BCUT2D eigenvalue weighted by atomic mass is 9.83. The summed E-state index contributed by atoms with van der Waals surface area (Å²) in [5.74, 6) is -1.50. The monoisotopic (exact) mass is 447 g/mol. The Morgan fingerprint density at radius 2 is 1.72 bits per heavy atom. The van der Waals surface area contributed by atoms with E-state index >= 15 is 0 Å². The molecule has 2 N–H and O–H groups in total. The van der Waals surface area contributed by atoms with Crippen molar-refractivity contribution in [3.05, 3.63) is 53.6 Å². The van der Waals surface area contributed by atoms with E-state index in [0.29, 0.717) is 23.7 Å². The number of aryl methyl sites for hydroxylation is 1. The average molecular weight is 447 g/mol. The molecule has 0 aromatic heterocycles. The highest BCUT2D eigenvalue weighted by Crippen LogP contribution is 2.32. The van der Waals surface area contributed by atoms with Crippen molar-refractivity contribution in [1.29, 1.82) is 0 Å². The Labute approximate surface area is 185 Å². The van der Waals surface area contributed by atoms with E-state index in [1.165, 1.54) is 18.2 Å². The Morgan fingerprint density at radius 3 is 2.38 bits per heavy atom. The van der Waals surface area contributed by atoms with Crippen molar-refractivity contribution in [3.63, 3.8) is 0 Å². The van der Waals surface area contributed by atoms with Crippen molar-refractivity contribution in [2.75, 3.05) is 25.1 Å². The van der Waals surface area contributed by atoms with E-state index in [-0.39, 0.29) is 30.4 Å². The second kappa shape index (κ2) is 11.0. The van der Waals surface area contributed by atoms with Gasteiger partial charge in [0.25, 0.3) is 0 Å². The molecule has 8 heteroatoms. The Kier molecular flexibility index (Phi) is 8.16. The molecular weight excluding hydrogens is 420 g/mol. The van der Waals surface area contributed by atoms with Gasteiger partial charge in [-0.25, -0.2) is 18.4 Å². The molecule has 2 aromatic rings. The van der Waals surface area contributed by atoms with Crippen LogP contribution in [0.4, 0.5) is 19.3 Å². The van der Waals surface area contributed by atoms with Crippen LogP contribution < -0.4 is 5.32 Å². The van der Waals surface area contributed by atoms with Crippen molar-refractivity contribution in [3.8, 4) is 11.1 Å². The minimum atomic E-state index is -0.980. The maximum absolute atomic E-state index is 14.5. The van der Waals surface area contributed by atoms with Crippen LogP contribution in [0.2, 0.25) is 0 Å². The number of ether oxygens (including phenoxy) is 2. The Hall–Kier alpha value is -3.00. The first-order valence-electron chi connectivity index (χ1n) is 10.6. The summed E-state index contributed by atoms with van der Waals surface area (Å²) >= 11 is 0. The third-order valence-corrected chi connectivity index (χ3v) is 5.71. The van der Waals surface area contributed by atoms with Gasteiger partial charge in [-0.3, -0.25) is 5.32 Å². The number of amides is 1. The maximum Gasteiger partial charge on any atom is 0.411 e. The fraction of sp³-hybridized carbons (Fsp3) is 0.417. The summed E-state index contributed by atoms with van der Waals surface area (Å²) in [5, 5.41) is 11.2. The van der Waals surface area contributed by atoms with Crippen molar-refractivity contribution in [2.45, 2.75) is 32.6 Å². The van der Waals surface area contributed by atoms with Gasteiger partial charge in [0, 0.05) is 5.56 Å². The van der Waals surface area contributed by atoms with Crippen LogP contribution in [0.3, 0.4) is 0 Å². The molecule has 0 heterocycles. The summed E-state index contributed by atoms with van der Waals surface area (Å²) in [6, 6.07) is 8.66. The van der Waals surface area contributed by atoms with Crippen LogP contribution >= 0.6 is 0 Å². The van der Waals surface area contributed by atoms with Crippen molar-refractivity contribution >= 4 is 17.7 Å². The van der Waals surface area contributed by atoms with E-state index in [0.717, 1.165) is 25.7 Å². The van der Waals surface area contributed by atoms with Crippen LogP contribution in [0.1, 0.15) is 31.2 Å². The highest BCUT2D eigenvalue weighted by atomic mass is 19.1. The molecule has 1 saturated carbocycles. The topological polar surface area (TPSA) is 84.9 Å². The first kappa shape index (κ1) is 23.7. The summed E-state index contributed by atoms with van der Waals surface area (Å²) in [5.41, 5.74) is 1.08. The standard InChI is InChI=1S/C24H27F2NO5/c1-15-5-10-18(11-20(15)26)23-19(25)3-2-4-21(23)27-24(30)32-13-17-8-6-16(7-9-17)12-31-14-22(28)29/h2-5,10-11,16-17H,6-9,12-14H2,1H3,(H,27,30)(H,28,29). The zero-order chi connectivity index (χ0) is 23.1. The lowest BCUT2D eigenvalue weighted by Gasteiger charge is -2.27. The predicted molar refractivity (Wildman–Crippen MR) is 115 cm³/mol. The molecule has 0 atom stereocenters. The number of halogens is 2. The molecule has 0 bridgehead atoms. The number of hydrogen-bond donors (Lipinski definition) is 2. The molecule has 1 fully saturated rings. The molecule has 0 saturated heterocycles. The third kappa shape index (κ3) is 6.50. The number of carboxylic acid groups (broad SMARTS) is 1. The molecule has 6 nitrogen and oxygen atoms in total. The lowest BCUT2D eigenvalue weighted by Crippen LogP contribution is -2.25. The minimum absolute atomic E-state index is 0.102. The molecule has 1 aliphatic rings. The van der Waals surface area contributed by atoms with Crippen molar-refractivity contribution in [1.82, 2.24) is 0 Å². The van der Waals surface area contributed by atoms with Gasteiger partial charge in [-0.2, -0.15) is 0 Å². The minimum Gasteiger partial charge on any atom is -0.480 e. The molecule has 172 valence electrons. The van der Waals surface area contributed by atoms with Crippen LogP contribution in [0.15, 0.2) is 36.4 Å². The van der Waals surface area contributed by atoms with E-state index in [4.69, 9.17) is 14.6 Å². The van der Waals surface area contributed by atoms with Gasteiger partial charge < -0.3 is 14.6 Å². The molecule has 3 rings (SSSR count). The van der Waals surface area contributed by atoms with Crippen LogP contribution in [0.25, 0.3) is 11.1 Å². The van der Waals surface area contributed by atoms with E-state index in [1.54, 1.807) is 25.1 Å². The summed E-state index contributed by atoms with van der Waals surface area (Å²) in [4.78, 5) is 22.8. The van der Waals surface area contributed by atoms with Gasteiger partial charge >= 0.3 is 12.1 Å². The Bertz CT molecular complexity index is 957. The molecule has 1 aliphatic carbocycles. The smallest absolute Gasteiger partial charge is 0.411 e. The quantitative estimate of drug-likeness (QED) is 0.566. The molecule has 0 unspecified atom stereocenters. The second-order valence-corrected chi connectivity index (χ2v) is 8.15. The molecule has 0 aliphatic heterocycles. The van der Waals surface area contributed by atoms with E-state index < -0.39 is 23.7 Å². The van der Waals surface area contributed by atoms with Crippen molar-refractivity contribution in [2.24, 2.45) is 11.8 Å². The van der Waals surface area contributed by atoms with Crippen LogP contribution in [-0.2, 0) is 14.3 Å². The number of hydrogen-bond acceptors (Lipinski definition) is 4. The first-order chi connectivity index (χ1) is 15.3. The fourth-order valence-corrected chi connectivity index (χ4v) is 3.89. The summed E-state index contributed by atoms with van der Waals surface area (Å²) < 4.78 is 39.0. The van der Waals surface area contributed by atoms with Crippen molar-refractivity contribution < 1.29 is 33.0 Å². The molecule has 2 aromatic carbocycles. The summed E-state index contributed by atoms with van der Waals surface area (Å²) in [7, 11) is 0. The zero-order valence-electron chi connectivity index (χ0n) is 17.9. The first-order valence-corrected chi connectivity index (χ1v) is 10.6. The highest BCUT2D eigenvalue weighted by Gasteiger charge is 2.23. The van der Waals surface area contributed by atoms with E-state index in [1.807, 2.05) is 0 Å². The van der Waals surface area contributed by atoms with E-state index in [9.17, 15) is 18.4 Å². The number of rotatable bonds is 8. The highest BCUT2D eigenvalue weighted by molar-refractivity contribution is 5.91. The number of carbonyl (C=O) groups is 2. The number of carboxylic acids is 1. The average Bonchev–Trinajstić information content (AvgIpc) is 2.75. The Morgan fingerprint density at radius 1 is 1.03 bits per heavy atom.